The molecule has 0 saturated heterocycles. The van der Waals surface area contributed by atoms with E-state index < -0.39 is 18.4 Å². The lowest BCUT2D eigenvalue weighted by molar-refractivity contribution is -0.0864. The Bertz CT molecular complexity index is 70.8. The SMILES string of the molecule is CC(C)C(F)(F)CO. The summed E-state index contributed by atoms with van der Waals surface area (Å²) in [6.45, 7) is 1.69. The molecule has 0 radical (unpaired) electrons. The molecule has 0 atom stereocenters. The molecule has 0 unspecified atom stereocenters. The number of halogens is 2. The van der Waals surface area contributed by atoms with E-state index in [0.717, 1.165) is 0 Å². The van der Waals surface area contributed by atoms with Gasteiger partial charge in [-0.05, 0) is 0 Å². The van der Waals surface area contributed by atoms with Crippen molar-refractivity contribution >= 4 is 0 Å². The molecule has 1 nitrogen and oxygen atoms in total. The first kappa shape index (κ1) is 7.82. The summed E-state index contributed by atoms with van der Waals surface area (Å²) in [5.41, 5.74) is 0. The highest BCUT2D eigenvalue weighted by Crippen LogP contribution is 2.22. The second-order valence-electron chi connectivity index (χ2n) is 2.07. The first-order valence-corrected chi connectivity index (χ1v) is 2.49. The number of alkyl halides is 2. The number of aliphatic hydroxyl groups is 1. The Morgan fingerprint density at radius 2 is 1.88 bits per heavy atom. The molecule has 0 heterocycles. The van der Waals surface area contributed by atoms with Crippen molar-refractivity contribution in [3.05, 3.63) is 0 Å². The van der Waals surface area contributed by atoms with E-state index in [4.69, 9.17) is 5.11 Å². The summed E-state index contributed by atoms with van der Waals surface area (Å²) in [4.78, 5) is 0. The quantitative estimate of drug-likeness (QED) is 0.587. The molecule has 8 heavy (non-hydrogen) atoms. The third-order valence-electron chi connectivity index (χ3n) is 1.06. The minimum atomic E-state index is -2.90. The lowest BCUT2D eigenvalue weighted by Gasteiger charge is -2.16. The highest BCUT2D eigenvalue weighted by molar-refractivity contribution is 4.67. The number of hydrogen-bond acceptors (Lipinski definition) is 1. The monoisotopic (exact) mass is 124 g/mol. The van der Waals surface area contributed by atoms with Gasteiger partial charge in [-0.15, -0.1) is 0 Å². The maximum Gasteiger partial charge on any atom is 0.272 e. The van der Waals surface area contributed by atoms with Crippen LogP contribution >= 0.6 is 0 Å². The summed E-state index contributed by atoms with van der Waals surface area (Å²) in [6.07, 6.45) is 0. The Morgan fingerprint density at radius 3 is 1.88 bits per heavy atom. The summed E-state index contributed by atoms with van der Waals surface area (Å²) >= 11 is 0. The molecule has 0 aliphatic carbocycles. The smallest absolute Gasteiger partial charge is 0.272 e. The van der Waals surface area contributed by atoms with Crippen molar-refractivity contribution in [2.75, 3.05) is 6.61 Å². The minimum Gasteiger partial charge on any atom is -0.390 e. The second-order valence-corrected chi connectivity index (χ2v) is 2.07. The molecule has 0 bridgehead atoms. The molecule has 0 aliphatic heterocycles. The van der Waals surface area contributed by atoms with Gasteiger partial charge in [-0.3, -0.25) is 0 Å². The molecule has 0 saturated carbocycles. The van der Waals surface area contributed by atoms with Crippen LogP contribution in [0.5, 0.6) is 0 Å². The molecule has 0 aromatic rings. The summed E-state index contributed by atoms with van der Waals surface area (Å²) < 4.78 is 24.1. The van der Waals surface area contributed by atoms with Crippen LogP contribution < -0.4 is 0 Å². The van der Waals surface area contributed by atoms with Crippen molar-refractivity contribution in [3.63, 3.8) is 0 Å². The Hall–Kier alpha value is -0.180. The fourth-order valence-corrected chi connectivity index (χ4v) is 0.183. The van der Waals surface area contributed by atoms with E-state index >= 15 is 0 Å². The highest BCUT2D eigenvalue weighted by atomic mass is 19.3. The predicted octanol–water partition coefficient (Wildman–Crippen LogP) is 1.27. The van der Waals surface area contributed by atoms with Gasteiger partial charge in [-0.25, -0.2) is 8.78 Å². The van der Waals surface area contributed by atoms with Crippen LogP contribution in [-0.4, -0.2) is 17.6 Å². The van der Waals surface area contributed by atoms with Crippen LogP contribution in [-0.2, 0) is 0 Å². The Labute approximate surface area is 47.3 Å². The van der Waals surface area contributed by atoms with Crippen LogP contribution in [0.2, 0.25) is 0 Å². The van der Waals surface area contributed by atoms with Crippen LogP contribution in [0.3, 0.4) is 0 Å². The topological polar surface area (TPSA) is 20.2 Å². The third-order valence-corrected chi connectivity index (χ3v) is 1.06. The maximum absolute atomic E-state index is 12.0. The third kappa shape index (κ3) is 1.74. The molecule has 0 spiro atoms. The van der Waals surface area contributed by atoms with E-state index in [-0.39, 0.29) is 0 Å². The van der Waals surface area contributed by atoms with Gasteiger partial charge in [-0.2, -0.15) is 0 Å². The predicted molar refractivity (Wildman–Crippen MR) is 26.9 cm³/mol. The van der Waals surface area contributed by atoms with Gasteiger partial charge in [0.2, 0.25) is 0 Å². The average molecular weight is 124 g/mol. The van der Waals surface area contributed by atoms with Gasteiger partial charge >= 0.3 is 0 Å². The lowest BCUT2D eigenvalue weighted by atomic mass is 10.1. The first-order chi connectivity index (χ1) is 3.50. The van der Waals surface area contributed by atoms with Crippen LogP contribution in [0.1, 0.15) is 13.8 Å². The van der Waals surface area contributed by atoms with E-state index in [1.54, 1.807) is 0 Å². The van der Waals surface area contributed by atoms with Crippen molar-refractivity contribution in [2.24, 2.45) is 5.92 Å². The van der Waals surface area contributed by atoms with Crippen molar-refractivity contribution < 1.29 is 13.9 Å². The highest BCUT2D eigenvalue weighted by Gasteiger charge is 2.31. The first-order valence-electron chi connectivity index (χ1n) is 2.49. The van der Waals surface area contributed by atoms with Crippen LogP contribution in [0.25, 0.3) is 0 Å². The van der Waals surface area contributed by atoms with E-state index in [1.165, 1.54) is 13.8 Å². The number of hydrogen-bond donors (Lipinski definition) is 1. The largest absolute Gasteiger partial charge is 0.390 e. The number of aliphatic hydroxyl groups excluding tert-OH is 1. The fourth-order valence-electron chi connectivity index (χ4n) is 0.183. The Kier molecular flexibility index (Phi) is 2.34. The van der Waals surface area contributed by atoms with Crippen LogP contribution in [0, 0.1) is 5.92 Å². The molecule has 0 aromatic heterocycles. The molecule has 0 amide bonds. The van der Waals surface area contributed by atoms with E-state index in [9.17, 15) is 8.78 Å². The zero-order valence-corrected chi connectivity index (χ0v) is 4.99. The summed E-state index contributed by atoms with van der Waals surface area (Å²) in [6, 6.07) is 0. The normalized spacial score (nSPS) is 12.8. The summed E-state index contributed by atoms with van der Waals surface area (Å²) in [5, 5.41) is 8.01. The van der Waals surface area contributed by atoms with Gasteiger partial charge in [0.25, 0.3) is 5.92 Å². The van der Waals surface area contributed by atoms with Gasteiger partial charge < -0.3 is 5.11 Å². The molecule has 0 fully saturated rings. The second kappa shape index (κ2) is 2.40. The van der Waals surface area contributed by atoms with Crippen molar-refractivity contribution in [3.8, 4) is 0 Å². The summed E-state index contributed by atoms with van der Waals surface area (Å²) in [7, 11) is 0. The van der Waals surface area contributed by atoms with E-state index in [2.05, 4.69) is 0 Å². The zero-order valence-electron chi connectivity index (χ0n) is 4.99. The maximum atomic E-state index is 12.0. The lowest BCUT2D eigenvalue weighted by Crippen LogP contribution is -2.27. The molecule has 50 valence electrons. The molecule has 0 aromatic carbocycles. The van der Waals surface area contributed by atoms with Gasteiger partial charge in [0.1, 0.15) is 6.61 Å². The van der Waals surface area contributed by atoms with E-state index in [1.807, 2.05) is 0 Å². The van der Waals surface area contributed by atoms with Gasteiger partial charge in [0.05, 0.1) is 0 Å². The Morgan fingerprint density at radius 1 is 1.50 bits per heavy atom. The van der Waals surface area contributed by atoms with Crippen LogP contribution in [0.4, 0.5) is 8.78 Å². The summed E-state index contributed by atoms with van der Waals surface area (Å²) in [5.74, 6) is -3.67. The van der Waals surface area contributed by atoms with Crippen LogP contribution in [0.15, 0.2) is 0 Å². The zero-order chi connectivity index (χ0) is 6.78. The average Bonchev–Trinajstić information content (AvgIpc) is 1.67. The molecular weight excluding hydrogens is 114 g/mol. The van der Waals surface area contributed by atoms with Gasteiger partial charge in [0, 0.05) is 5.92 Å². The van der Waals surface area contributed by atoms with Gasteiger partial charge in [0.15, 0.2) is 0 Å². The molecular formula is C5H10F2O. The van der Waals surface area contributed by atoms with Crippen molar-refractivity contribution in [2.45, 2.75) is 19.8 Å². The Balaban J connectivity index is 3.71. The minimum absolute atomic E-state index is 0.771. The fraction of sp³-hybridized carbons (Fsp3) is 1.00. The van der Waals surface area contributed by atoms with Gasteiger partial charge in [-0.1, -0.05) is 13.8 Å². The van der Waals surface area contributed by atoms with Crippen molar-refractivity contribution in [1.82, 2.24) is 0 Å². The van der Waals surface area contributed by atoms with Crippen molar-refractivity contribution in [1.29, 1.82) is 0 Å². The molecule has 0 rings (SSSR count). The van der Waals surface area contributed by atoms with E-state index in [0.29, 0.717) is 0 Å². The standard InChI is InChI=1S/C5H10F2O/c1-4(2)5(6,7)3-8/h4,8H,3H2,1-2H3. The molecule has 0 aliphatic rings. The molecule has 1 N–H and O–H groups in total. The molecule has 3 heteroatoms. The number of rotatable bonds is 2.